The van der Waals surface area contributed by atoms with Gasteiger partial charge in [0, 0.05) is 0 Å². The van der Waals surface area contributed by atoms with Crippen molar-refractivity contribution in [3.8, 4) is 0 Å². The summed E-state index contributed by atoms with van der Waals surface area (Å²) in [5, 5.41) is 19.9. The third-order valence-corrected chi connectivity index (χ3v) is 7.80. The van der Waals surface area contributed by atoms with Crippen LogP contribution in [-0.4, -0.2) is 21.9 Å². The molecule has 0 aliphatic heterocycles. The Labute approximate surface area is 172 Å². The fraction of sp³-hybridized carbons (Fsp3) is 0.769. The van der Waals surface area contributed by atoms with Crippen LogP contribution in [-0.2, 0) is 0 Å². The Morgan fingerprint density at radius 3 is 2.64 bits per heavy atom. The molecule has 5 atom stereocenters. The summed E-state index contributed by atoms with van der Waals surface area (Å²) in [4.78, 5) is 0. The average Bonchev–Trinajstić information content (AvgIpc) is 2.96. The van der Waals surface area contributed by atoms with E-state index in [1.54, 1.807) is 5.57 Å². The van der Waals surface area contributed by atoms with Gasteiger partial charge in [0.25, 0.3) is 0 Å². The monoisotopic (exact) mass is 386 g/mol. The van der Waals surface area contributed by atoms with Crippen LogP contribution in [0.25, 0.3) is 0 Å². The van der Waals surface area contributed by atoms with Crippen molar-refractivity contribution >= 4 is 0 Å². The highest BCUT2D eigenvalue weighted by molar-refractivity contribution is 5.26. The van der Waals surface area contributed by atoms with Gasteiger partial charge in [0.15, 0.2) is 0 Å². The molecule has 0 aromatic heterocycles. The predicted octanol–water partition coefficient (Wildman–Crippen LogP) is 6.34. The van der Waals surface area contributed by atoms with E-state index in [1.807, 2.05) is 13.8 Å². The minimum Gasteiger partial charge on any atom is -0.393 e. The topological polar surface area (TPSA) is 40.5 Å². The quantitative estimate of drug-likeness (QED) is 0.541. The average molecular weight is 387 g/mol. The first-order valence-corrected chi connectivity index (χ1v) is 11.6. The molecule has 0 spiro atoms. The van der Waals surface area contributed by atoms with Gasteiger partial charge in [0.1, 0.15) is 0 Å². The lowest BCUT2D eigenvalue weighted by molar-refractivity contribution is 0.0832. The highest BCUT2D eigenvalue weighted by Gasteiger charge is 2.50. The third-order valence-electron chi connectivity index (χ3n) is 7.80. The van der Waals surface area contributed by atoms with E-state index in [4.69, 9.17) is 0 Å². The Bertz CT molecular complexity index is 621. The van der Waals surface area contributed by atoms with Crippen LogP contribution in [0.3, 0.4) is 0 Å². The number of aliphatic hydroxyl groups excluding tert-OH is 1. The first kappa shape index (κ1) is 21.8. The molecule has 3 rings (SSSR count). The van der Waals surface area contributed by atoms with Gasteiger partial charge in [-0.25, -0.2) is 0 Å². The molecule has 0 aromatic carbocycles. The van der Waals surface area contributed by atoms with Crippen molar-refractivity contribution in [1.82, 2.24) is 0 Å². The van der Waals surface area contributed by atoms with Crippen molar-refractivity contribution in [2.24, 2.45) is 23.2 Å². The van der Waals surface area contributed by atoms with Crippen LogP contribution in [0.5, 0.6) is 0 Å². The number of aliphatic hydroxyl groups is 2. The summed E-state index contributed by atoms with van der Waals surface area (Å²) in [5.74, 6) is 2.04. The Balaban J connectivity index is 1.70. The van der Waals surface area contributed by atoms with Crippen molar-refractivity contribution < 1.29 is 10.2 Å². The maximum absolute atomic E-state index is 9.97. The third kappa shape index (κ3) is 5.19. The van der Waals surface area contributed by atoms with Crippen molar-refractivity contribution in [3.05, 3.63) is 35.5 Å². The molecule has 0 aromatic rings. The zero-order valence-corrected chi connectivity index (χ0v) is 18.6. The number of hydrogen-bond donors (Lipinski definition) is 2. The van der Waals surface area contributed by atoms with Crippen molar-refractivity contribution in [2.75, 3.05) is 0 Å². The van der Waals surface area contributed by atoms with Gasteiger partial charge in [-0.15, -0.1) is 0 Å². The van der Waals surface area contributed by atoms with Crippen LogP contribution in [0.4, 0.5) is 0 Å². The molecule has 3 aliphatic carbocycles. The molecule has 0 radical (unpaired) electrons. The second-order valence-electron chi connectivity index (χ2n) is 10.7. The zero-order valence-electron chi connectivity index (χ0n) is 18.6. The minimum atomic E-state index is -0.612. The molecule has 28 heavy (non-hydrogen) atoms. The Morgan fingerprint density at radius 2 is 1.93 bits per heavy atom. The van der Waals surface area contributed by atoms with Gasteiger partial charge in [0.05, 0.1) is 11.7 Å². The van der Waals surface area contributed by atoms with Crippen LogP contribution >= 0.6 is 0 Å². The lowest BCUT2D eigenvalue weighted by Gasteiger charge is -2.44. The lowest BCUT2D eigenvalue weighted by Crippen LogP contribution is -2.35. The van der Waals surface area contributed by atoms with E-state index >= 15 is 0 Å². The summed E-state index contributed by atoms with van der Waals surface area (Å²) in [5.41, 5.74) is 2.90. The largest absolute Gasteiger partial charge is 0.393 e. The van der Waals surface area contributed by atoms with Crippen LogP contribution in [0.1, 0.15) is 91.9 Å². The van der Waals surface area contributed by atoms with Gasteiger partial charge in [-0.05, 0) is 101 Å². The first-order valence-electron chi connectivity index (χ1n) is 11.6. The van der Waals surface area contributed by atoms with Gasteiger partial charge < -0.3 is 10.2 Å². The van der Waals surface area contributed by atoms with E-state index in [0.29, 0.717) is 11.3 Å². The molecule has 3 aliphatic rings. The number of fused-ring (bicyclic) bond motifs is 1. The Kier molecular flexibility index (Phi) is 6.92. The summed E-state index contributed by atoms with van der Waals surface area (Å²) in [6.45, 7) is 8.68. The fourth-order valence-corrected chi connectivity index (χ4v) is 6.30. The van der Waals surface area contributed by atoms with E-state index in [2.05, 4.69) is 38.2 Å². The van der Waals surface area contributed by atoms with Crippen LogP contribution in [0.2, 0.25) is 0 Å². The molecule has 0 heterocycles. The predicted molar refractivity (Wildman–Crippen MR) is 118 cm³/mol. The molecular formula is C26H42O2. The molecule has 0 saturated heterocycles. The van der Waals surface area contributed by atoms with Gasteiger partial charge >= 0.3 is 0 Å². The van der Waals surface area contributed by atoms with Gasteiger partial charge in [0.2, 0.25) is 0 Å². The standard InChI is InChI=1S/C26H42O2/c1-19(8-6-16-25(2,3)28)23-14-15-24-21(10-7-17-26(23,24)4)13-12-20-9-5-11-22(27)18-20/h6,8,12-13,19,22-24,27-28H,5,7,9-11,14-18H2,1-4H3. The molecule has 3 saturated carbocycles. The molecule has 2 nitrogen and oxygen atoms in total. The SMILES string of the molecule is CC(C=CCC(C)(C)O)C1CCC2C(=CC=C3CCCC(O)C3)CCCC21C. The molecule has 0 bridgehead atoms. The number of allylic oxidation sites excluding steroid dienone is 4. The second kappa shape index (κ2) is 8.88. The van der Waals surface area contributed by atoms with Gasteiger partial charge in [-0.3, -0.25) is 0 Å². The van der Waals surface area contributed by atoms with Crippen LogP contribution < -0.4 is 0 Å². The van der Waals surface area contributed by atoms with E-state index < -0.39 is 5.60 Å². The lowest BCUT2D eigenvalue weighted by atomic mass is 9.61. The minimum absolute atomic E-state index is 0.123. The van der Waals surface area contributed by atoms with Crippen molar-refractivity contribution in [2.45, 2.75) is 104 Å². The highest BCUT2D eigenvalue weighted by Crippen LogP contribution is 2.59. The smallest absolute Gasteiger partial charge is 0.0626 e. The maximum Gasteiger partial charge on any atom is 0.0626 e. The molecule has 5 unspecified atom stereocenters. The summed E-state index contributed by atoms with van der Waals surface area (Å²) in [7, 11) is 0. The van der Waals surface area contributed by atoms with Crippen LogP contribution in [0, 0.1) is 23.2 Å². The normalized spacial score (nSPS) is 38.3. The summed E-state index contributed by atoms with van der Waals surface area (Å²) in [6, 6.07) is 0. The van der Waals surface area contributed by atoms with E-state index in [9.17, 15) is 10.2 Å². The fourth-order valence-electron chi connectivity index (χ4n) is 6.30. The highest BCUT2D eigenvalue weighted by atomic mass is 16.3. The van der Waals surface area contributed by atoms with Gasteiger partial charge in [-0.1, -0.05) is 49.3 Å². The van der Waals surface area contributed by atoms with E-state index in [1.165, 1.54) is 37.7 Å². The number of hydrogen-bond acceptors (Lipinski definition) is 2. The summed E-state index contributed by atoms with van der Waals surface area (Å²) in [6.07, 6.45) is 20.6. The maximum atomic E-state index is 9.97. The molecule has 2 N–H and O–H groups in total. The molecule has 158 valence electrons. The summed E-state index contributed by atoms with van der Waals surface area (Å²) >= 11 is 0. The molecule has 2 heteroatoms. The Morgan fingerprint density at radius 1 is 1.14 bits per heavy atom. The summed E-state index contributed by atoms with van der Waals surface area (Å²) < 4.78 is 0. The second-order valence-corrected chi connectivity index (χ2v) is 10.7. The molecular weight excluding hydrogens is 344 g/mol. The van der Waals surface area contributed by atoms with Crippen LogP contribution in [0.15, 0.2) is 35.5 Å². The van der Waals surface area contributed by atoms with Crippen molar-refractivity contribution in [3.63, 3.8) is 0 Å². The first-order chi connectivity index (χ1) is 13.2. The van der Waals surface area contributed by atoms with Gasteiger partial charge in [-0.2, -0.15) is 0 Å². The van der Waals surface area contributed by atoms with E-state index in [0.717, 1.165) is 43.9 Å². The molecule has 3 fully saturated rings. The Hall–Kier alpha value is -0.860. The number of rotatable bonds is 5. The zero-order chi connectivity index (χ0) is 20.4. The van der Waals surface area contributed by atoms with Crippen molar-refractivity contribution in [1.29, 1.82) is 0 Å². The molecule has 0 amide bonds. The van der Waals surface area contributed by atoms with E-state index in [-0.39, 0.29) is 6.10 Å².